The Morgan fingerprint density at radius 1 is 1.30 bits per heavy atom. The number of aryl methyl sites for hydroxylation is 1. The number of carbonyl (C=O) groups is 2. The highest BCUT2D eigenvalue weighted by Crippen LogP contribution is 2.28. The summed E-state index contributed by atoms with van der Waals surface area (Å²) in [4.78, 5) is 28.4. The molecule has 1 aromatic carbocycles. The Kier molecular flexibility index (Phi) is 6.36. The van der Waals surface area contributed by atoms with E-state index in [4.69, 9.17) is 0 Å². The molecule has 0 aliphatic carbocycles. The van der Waals surface area contributed by atoms with Crippen molar-refractivity contribution in [3.05, 3.63) is 40.9 Å². The van der Waals surface area contributed by atoms with E-state index in [1.54, 1.807) is 35.6 Å². The second kappa shape index (κ2) is 8.26. The Morgan fingerprint density at radius 3 is 2.57 bits per heavy atom. The molecular formula is C17H20N2O2S2. The molecule has 0 bridgehead atoms. The van der Waals surface area contributed by atoms with Crippen molar-refractivity contribution in [2.45, 2.75) is 43.2 Å². The van der Waals surface area contributed by atoms with E-state index in [2.05, 4.69) is 10.3 Å². The molecule has 1 heterocycles. The first-order valence-electron chi connectivity index (χ1n) is 7.52. The quantitative estimate of drug-likeness (QED) is 0.589. The summed E-state index contributed by atoms with van der Waals surface area (Å²) in [6.45, 7) is 5.80. The van der Waals surface area contributed by atoms with Gasteiger partial charge in [-0.05, 0) is 44.5 Å². The van der Waals surface area contributed by atoms with Gasteiger partial charge >= 0.3 is 0 Å². The van der Waals surface area contributed by atoms with Crippen molar-refractivity contribution in [2.75, 3.05) is 5.32 Å². The van der Waals surface area contributed by atoms with Gasteiger partial charge in [-0.1, -0.05) is 18.7 Å². The van der Waals surface area contributed by atoms with Crippen LogP contribution in [0.5, 0.6) is 0 Å². The molecule has 0 aliphatic heterocycles. The normalized spacial score (nSPS) is 12.0. The Bertz CT molecular complexity index is 680. The van der Waals surface area contributed by atoms with Crippen molar-refractivity contribution >= 4 is 40.5 Å². The summed E-state index contributed by atoms with van der Waals surface area (Å²) in [6, 6.07) is 7.06. The average Bonchev–Trinajstić information content (AvgIpc) is 2.92. The van der Waals surface area contributed by atoms with Gasteiger partial charge in [0.1, 0.15) is 0 Å². The predicted octanol–water partition coefficient (Wildman–Crippen LogP) is 4.55. The number of benzene rings is 1. The number of rotatable bonds is 7. The van der Waals surface area contributed by atoms with Gasteiger partial charge in [0, 0.05) is 28.7 Å². The molecule has 0 saturated carbocycles. The van der Waals surface area contributed by atoms with Crippen molar-refractivity contribution < 1.29 is 9.59 Å². The zero-order valence-electron chi connectivity index (χ0n) is 13.5. The van der Waals surface area contributed by atoms with Crippen LogP contribution < -0.4 is 5.32 Å². The number of nitrogens with zero attached hydrogens (tertiary/aromatic N) is 1. The summed E-state index contributed by atoms with van der Waals surface area (Å²) in [5.74, 6) is 0.0592. The number of aromatic nitrogens is 1. The lowest BCUT2D eigenvalue weighted by Gasteiger charge is -2.09. The minimum Gasteiger partial charge on any atom is -0.326 e. The van der Waals surface area contributed by atoms with E-state index in [0.29, 0.717) is 12.0 Å². The number of thioether (sulfide) groups is 1. The largest absolute Gasteiger partial charge is 0.326 e. The van der Waals surface area contributed by atoms with E-state index in [9.17, 15) is 9.59 Å². The fourth-order valence-corrected chi connectivity index (χ4v) is 4.06. The van der Waals surface area contributed by atoms with Crippen LogP contribution in [0.4, 0.5) is 5.69 Å². The Labute approximate surface area is 144 Å². The van der Waals surface area contributed by atoms with Gasteiger partial charge in [0.2, 0.25) is 5.91 Å². The molecule has 0 aliphatic rings. The zero-order chi connectivity index (χ0) is 16.8. The molecule has 0 fully saturated rings. The summed E-state index contributed by atoms with van der Waals surface area (Å²) in [5.41, 5.74) is 2.34. The van der Waals surface area contributed by atoms with Gasteiger partial charge in [-0.3, -0.25) is 9.59 Å². The lowest BCUT2D eigenvalue weighted by atomic mass is 10.1. The lowest BCUT2D eigenvalue weighted by Crippen LogP contribution is -2.14. The maximum Gasteiger partial charge on any atom is 0.224 e. The molecule has 122 valence electrons. The van der Waals surface area contributed by atoms with Crippen LogP contribution in [0.2, 0.25) is 0 Å². The monoisotopic (exact) mass is 348 g/mol. The van der Waals surface area contributed by atoms with Crippen molar-refractivity contribution in [3.8, 4) is 0 Å². The van der Waals surface area contributed by atoms with E-state index in [1.807, 2.05) is 26.2 Å². The molecule has 1 atom stereocenters. The van der Waals surface area contributed by atoms with Crippen LogP contribution in [0.3, 0.4) is 0 Å². The van der Waals surface area contributed by atoms with Gasteiger partial charge in [0.15, 0.2) is 10.1 Å². The van der Waals surface area contributed by atoms with E-state index in [0.717, 1.165) is 22.1 Å². The highest BCUT2D eigenvalue weighted by Gasteiger charge is 2.18. The Balaban J connectivity index is 1.97. The third-order valence-electron chi connectivity index (χ3n) is 3.17. The number of Topliss-reactive ketones (excluding diaryl/α,β-unsaturated/α-hetero) is 1. The van der Waals surface area contributed by atoms with Gasteiger partial charge in [-0.15, -0.1) is 11.3 Å². The second-order valence-electron chi connectivity index (χ2n) is 5.25. The third-order valence-corrected chi connectivity index (χ3v) is 5.36. The van der Waals surface area contributed by atoms with E-state index in [-0.39, 0.29) is 16.9 Å². The third kappa shape index (κ3) is 5.18. The molecule has 23 heavy (non-hydrogen) atoms. The molecular weight excluding hydrogens is 328 g/mol. The molecule has 2 rings (SSSR count). The van der Waals surface area contributed by atoms with Crippen LogP contribution >= 0.6 is 23.1 Å². The van der Waals surface area contributed by atoms with Crippen LogP contribution in [0.15, 0.2) is 34.0 Å². The molecule has 1 amide bonds. The molecule has 1 aromatic heterocycles. The van der Waals surface area contributed by atoms with Crippen LogP contribution in [0.25, 0.3) is 0 Å². The van der Waals surface area contributed by atoms with E-state index >= 15 is 0 Å². The number of anilines is 1. The smallest absolute Gasteiger partial charge is 0.224 e. The summed E-state index contributed by atoms with van der Waals surface area (Å²) in [5, 5.41) is 4.60. The first kappa shape index (κ1) is 17.7. The van der Waals surface area contributed by atoms with Crippen molar-refractivity contribution in [3.63, 3.8) is 0 Å². The number of hydrogen-bond donors (Lipinski definition) is 1. The molecule has 6 heteroatoms. The van der Waals surface area contributed by atoms with Gasteiger partial charge in [0.05, 0.1) is 5.25 Å². The number of nitrogens with one attached hydrogen (secondary N) is 1. The van der Waals surface area contributed by atoms with Crippen LogP contribution in [-0.4, -0.2) is 21.9 Å². The summed E-state index contributed by atoms with van der Waals surface area (Å²) < 4.78 is 0.909. The minimum atomic E-state index is -0.193. The van der Waals surface area contributed by atoms with Crippen LogP contribution in [0.1, 0.15) is 42.7 Å². The summed E-state index contributed by atoms with van der Waals surface area (Å²) in [6.07, 6.45) is 1.31. The fraction of sp³-hybridized carbons (Fsp3) is 0.353. The first-order chi connectivity index (χ1) is 11.0. The molecule has 4 nitrogen and oxygen atoms in total. The van der Waals surface area contributed by atoms with Crippen molar-refractivity contribution in [1.82, 2.24) is 4.98 Å². The molecule has 0 spiro atoms. The molecule has 1 N–H and O–H groups in total. The standard InChI is InChI=1S/C17H20N2O2S2/c1-4-5-15(20)19-14-8-6-13(7-9-14)16(21)12(3)23-17-18-11(2)10-22-17/h6-10,12H,4-5H2,1-3H3,(H,19,20). The highest BCUT2D eigenvalue weighted by molar-refractivity contribution is 8.02. The van der Waals surface area contributed by atoms with Crippen LogP contribution in [-0.2, 0) is 4.79 Å². The van der Waals surface area contributed by atoms with Crippen molar-refractivity contribution in [1.29, 1.82) is 0 Å². The summed E-state index contributed by atoms with van der Waals surface area (Å²) in [7, 11) is 0. The topological polar surface area (TPSA) is 59.1 Å². The predicted molar refractivity (Wildman–Crippen MR) is 96.5 cm³/mol. The van der Waals surface area contributed by atoms with Gasteiger partial charge < -0.3 is 5.32 Å². The zero-order valence-corrected chi connectivity index (χ0v) is 15.1. The van der Waals surface area contributed by atoms with E-state index in [1.165, 1.54) is 11.8 Å². The maximum absolute atomic E-state index is 12.5. The molecule has 0 saturated heterocycles. The molecule has 0 radical (unpaired) electrons. The number of carbonyl (C=O) groups excluding carboxylic acids is 2. The number of amides is 1. The number of hydrogen-bond acceptors (Lipinski definition) is 5. The SMILES string of the molecule is CCCC(=O)Nc1ccc(C(=O)C(C)Sc2nc(C)cs2)cc1. The second-order valence-corrected chi connectivity index (χ2v) is 7.70. The maximum atomic E-state index is 12.5. The number of ketones is 1. The van der Waals surface area contributed by atoms with Gasteiger partial charge in [-0.2, -0.15) is 0 Å². The average molecular weight is 348 g/mol. The van der Waals surface area contributed by atoms with E-state index < -0.39 is 0 Å². The Hall–Kier alpha value is -1.66. The highest BCUT2D eigenvalue weighted by atomic mass is 32.2. The lowest BCUT2D eigenvalue weighted by molar-refractivity contribution is -0.116. The fourth-order valence-electron chi connectivity index (χ4n) is 1.99. The Morgan fingerprint density at radius 2 is 2.00 bits per heavy atom. The minimum absolute atomic E-state index is 0.00496. The van der Waals surface area contributed by atoms with Crippen LogP contribution in [0, 0.1) is 6.92 Å². The van der Waals surface area contributed by atoms with Crippen molar-refractivity contribution in [2.24, 2.45) is 0 Å². The first-order valence-corrected chi connectivity index (χ1v) is 9.28. The van der Waals surface area contributed by atoms with Gasteiger partial charge in [-0.25, -0.2) is 4.98 Å². The summed E-state index contributed by atoms with van der Waals surface area (Å²) >= 11 is 3.03. The molecule has 2 aromatic rings. The number of thiazole rings is 1. The molecule has 1 unspecified atom stereocenters. The van der Waals surface area contributed by atoms with Gasteiger partial charge in [0.25, 0.3) is 0 Å².